The van der Waals surface area contributed by atoms with Crippen molar-refractivity contribution >= 4 is 40.7 Å². The van der Waals surface area contributed by atoms with E-state index in [9.17, 15) is 4.79 Å². The van der Waals surface area contributed by atoms with Crippen LogP contribution in [0.3, 0.4) is 0 Å². The van der Waals surface area contributed by atoms with E-state index >= 15 is 0 Å². The van der Waals surface area contributed by atoms with E-state index in [2.05, 4.69) is 5.32 Å². The SMILES string of the molecule is CN(C)C(CNC(=O)C1(C)CC1(Cl)Cl)c1ccccc1Cl. The van der Waals surface area contributed by atoms with Crippen LogP contribution in [0.25, 0.3) is 0 Å². The van der Waals surface area contributed by atoms with Crippen molar-refractivity contribution in [1.82, 2.24) is 10.2 Å². The normalized spacial score (nSPS) is 24.7. The van der Waals surface area contributed by atoms with E-state index in [1.165, 1.54) is 0 Å². The minimum atomic E-state index is -0.949. The molecule has 0 bridgehead atoms. The largest absolute Gasteiger partial charge is 0.354 e. The molecule has 116 valence electrons. The molecule has 0 radical (unpaired) electrons. The molecule has 1 fully saturated rings. The first kappa shape index (κ1) is 16.9. The van der Waals surface area contributed by atoms with Crippen molar-refractivity contribution in [1.29, 1.82) is 0 Å². The van der Waals surface area contributed by atoms with Crippen molar-refractivity contribution in [2.45, 2.75) is 23.7 Å². The number of alkyl halides is 2. The van der Waals surface area contributed by atoms with Crippen LogP contribution in [0.1, 0.15) is 24.9 Å². The van der Waals surface area contributed by atoms with Gasteiger partial charge in [0.1, 0.15) is 4.33 Å². The second kappa shape index (κ2) is 5.96. The van der Waals surface area contributed by atoms with Crippen LogP contribution in [-0.4, -0.2) is 35.8 Å². The lowest BCUT2D eigenvalue weighted by atomic mass is 10.0. The molecule has 1 aliphatic rings. The number of hydrogen-bond acceptors (Lipinski definition) is 2. The molecule has 1 saturated carbocycles. The summed E-state index contributed by atoms with van der Waals surface area (Å²) in [6, 6.07) is 7.62. The highest BCUT2D eigenvalue weighted by Gasteiger charge is 2.67. The molecule has 1 N–H and O–H groups in total. The predicted octanol–water partition coefficient (Wildman–Crippen LogP) is 3.64. The number of nitrogens with zero attached hydrogens (tertiary/aromatic N) is 1. The summed E-state index contributed by atoms with van der Waals surface area (Å²) in [5.74, 6) is -0.119. The van der Waals surface area contributed by atoms with E-state index in [4.69, 9.17) is 34.8 Å². The molecule has 2 unspecified atom stereocenters. The minimum absolute atomic E-state index is 0.00921. The molecule has 0 aliphatic heterocycles. The van der Waals surface area contributed by atoms with Crippen molar-refractivity contribution < 1.29 is 4.79 Å². The van der Waals surface area contributed by atoms with Gasteiger partial charge in [-0.2, -0.15) is 0 Å². The topological polar surface area (TPSA) is 32.3 Å². The van der Waals surface area contributed by atoms with Crippen molar-refractivity contribution in [2.75, 3.05) is 20.6 Å². The highest BCUT2D eigenvalue weighted by molar-refractivity contribution is 6.53. The van der Waals surface area contributed by atoms with Gasteiger partial charge in [-0.3, -0.25) is 4.79 Å². The summed E-state index contributed by atoms with van der Waals surface area (Å²) in [5.41, 5.74) is 0.279. The van der Waals surface area contributed by atoms with Gasteiger partial charge >= 0.3 is 0 Å². The average Bonchev–Trinajstić information content (AvgIpc) is 2.91. The summed E-state index contributed by atoms with van der Waals surface area (Å²) in [6.07, 6.45) is 0.480. The quantitative estimate of drug-likeness (QED) is 0.823. The zero-order valence-corrected chi connectivity index (χ0v) is 14.6. The fraction of sp³-hybridized carbons (Fsp3) is 0.533. The summed E-state index contributed by atoms with van der Waals surface area (Å²) in [5, 5.41) is 3.63. The van der Waals surface area contributed by atoms with Gasteiger partial charge in [0.2, 0.25) is 5.91 Å². The van der Waals surface area contributed by atoms with Crippen molar-refractivity contribution in [3.8, 4) is 0 Å². The molecule has 1 aromatic carbocycles. The van der Waals surface area contributed by atoms with Crippen LogP contribution < -0.4 is 5.32 Å². The Morgan fingerprint density at radius 2 is 1.95 bits per heavy atom. The van der Waals surface area contributed by atoms with Crippen molar-refractivity contribution in [3.63, 3.8) is 0 Å². The Balaban J connectivity index is 2.06. The molecular weight excluding hydrogens is 331 g/mol. The number of benzene rings is 1. The van der Waals surface area contributed by atoms with Gasteiger partial charge in [-0.1, -0.05) is 29.8 Å². The second-order valence-corrected chi connectivity index (χ2v) is 7.82. The van der Waals surface area contributed by atoms with Gasteiger partial charge in [-0.25, -0.2) is 0 Å². The lowest BCUT2D eigenvalue weighted by Crippen LogP contribution is -2.39. The fourth-order valence-electron chi connectivity index (χ4n) is 2.35. The van der Waals surface area contributed by atoms with E-state index < -0.39 is 9.75 Å². The van der Waals surface area contributed by atoms with Crippen LogP contribution in [0.15, 0.2) is 24.3 Å². The molecule has 3 nitrogen and oxygen atoms in total. The van der Waals surface area contributed by atoms with Gasteiger partial charge in [-0.15, -0.1) is 23.2 Å². The molecule has 0 aromatic heterocycles. The molecule has 6 heteroatoms. The molecule has 2 atom stereocenters. The summed E-state index contributed by atoms with van der Waals surface area (Å²) in [6.45, 7) is 2.23. The highest BCUT2D eigenvalue weighted by atomic mass is 35.5. The first-order chi connectivity index (χ1) is 9.69. The molecular formula is C15H19Cl3N2O. The van der Waals surface area contributed by atoms with E-state index in [-0.39, 0.29) is 11.9 Å². The van der Waals surface area contributed by atoms with E-state index in [0.717, 1.165) is 5.56 Å². The lowest BCUT2D eigenvalue weighted by molar-refractivity contribution is -0.126. The van der Waals surface area contributed by atoms with Crippen LogP contribution >= 0.6 is 34.8 Å². The number of carbonyl (C=O) groups excluding carboxylic acids is 1. The molecule has 0 spiro atoms. The molecule has 1 amide bonds. The number of hydrogen-bond donors (Lipinski definition) is 1. The smallest absolute Gasteiger partial charge is 0.229 e. The first-order valence-corrected chi connectivity index (χ1v) is 7.89. The summed E-state index contributed by atoms with van der Waals surface area (Å²) in [7, 11) is 3.90. The maximum Gasteiger partial charge on any atom is 0.229 e. The van der Waals surface area contributed by atoms with Gasteiger partial charge < -0.3 is 10.2 Å². The monoisotopic (exact) mass is 348 g/mol. The molecule has 1 aliphatic carbocycles. The third-order valence-electron chi connectivity index (χ3n) is 4.10. The Labute approximate surface area is 140 Å². The second-order valence-electron chi connectivity index (χ2n) is 5.92. The van der Waals surface area contributed by atoms with E-state index in [1.807, 2.05) is 43.3 Å². The maximum absolute atomic E-state index is 12.3. The predicted molar refractivity (Wildman–Crippen MR) is 88.1 cm³/mol. The first-order valence-electron chi connectivity index (χ1n) is 6.76. The number of carbonyl (C=O) groups is 1. The Kier molecular flexibility index (Phi) is 4.79. The third-order valence-corrected chi connectivity index (χ3v) is 5.55. The van der Waals surface area contributed by atoms with Crippen LogP contribution in [0.2, 0.25) is 5.02 Å². The van der Waals surface area contributed by atoms with Gasteiger partial charge in [0, 0.05) is 11.6 Å². The minimum Gasteiger partial charge on any atom is -0.354 e. The van der Waals surface area contributed by atoms with Crippen LogP contribution in [0.4, 0.5) is 0 Å². The van der Waals surface area contributed by atoms with Gasteiger partial charge in [0.05, 0.1) is 11.5 Å². The van der Waals surface area contributed by atoms with Crippen LogP contribution in [0, 0.1) is 5.41 Å². The standard InChI is InChI=1S/C15H19Cl3N2O/c1-14(9-15(14,17)18)13(21)19-8-12(20(2)3)10-6-4-5-7-11(10)16/h4-7,12H,8-9H2,1-3H3,(H,19,21). The van der Waals surface area contributed by atoms with Gasteiger partial charge in [0.25, 0.3) is 0 Å². The van der Waals surface area contributed by atoms with E-state index in [1.54, 1.807) is 6.92 Å². The molecule has 21 heavy (non-hydrogen) atoms. The number of amides is 1. The number of halogens is 3. The third kappa shape index (κ3) is 3.31. The van der Waals surface area contributed by atoms with Crippen LogP contribution in [0.5, 0.6) is 0 Å². The lowest BCUT2D eigenvalue weighted by Gasteiger charge is -2.26. The number of nitrogens with one attached hydrogen (secondary N) is 1. The number of likely N-dealkylation sites (N-methyl/N-ethyl adjacent to an activating group) is 1. The van der Waals surface area contributed by atoms with E-state index in [0.29, 0.717) is 18.0 Å². The Morgan fingerprint density at radius 3 is 2.43 bits per heavy atom. The fourth-order valence-corrected chi connectivity index (χ4v) is 3.31. The van der Waals surface area contributed by atoms with Crippen molar-refractivity contribution in [3.05, 3.63) is 34.9 Å². The van der Waals surface area contributed by atoms with Gasteiger partial charge in [-0.05, 0) is 39.1 Å². The zero-order valence-electron chi connectivity index (χ0n) is 12.3. The molecule has 0 saturated heterocycles. The highest BCUT2D eigenvalue weighted by Crippen LogP contribution is 2.63. The van der Waals surface area contributed by atoms with Gasteiger partial charge in [0.15, 0.2) is 0 Å². The zero-order chi connectivity index (χ0) is 15.8. The summed E-state index contributed by atoms with van der Waals surface area (Å²) in [4.78, 5) is 14.3. The molecule has 1 aromatic rings. The Morgan fingerprint density at radius 1 is 1.38 bits per heavy atom. The van der Waals surface area contributed by atoms with Crippen molar-refractivity contribution in [2.24, 2.45) is 5.41 Å². The Bertz CT molecular complexity index is 547. The number of rotatable bonds is 5. The molecule has 2 rings (SSSR count). The summed E-state index contributed by atoms with van der Waals surface area (Å²) >= 11 is 18.3. The summed E-state index contributed by atoms with van der Waals surface area (Å²) < 4.78 is -0.949. The average molecular weight is 350 g/mol. The maximum atomic E-state index is 12.3. The van der Waals surface area contributed by atoms with Crippen LogP contribution in [-0.2, 0) is 4.79 Å². The molecule has 0 heterocycles. The Hall–Kier alpha value is -0.480.